The number of aromatic nitrogens is 2. The van der Waals surface area contributed by atoms with Crippen molar-refractivity contribution in [2.24, 2.45) is 0 Å². The molecule has 108 valence electrons. The first-order valence-electron chi connectivity index (χ1n) is 6.20. The number of halogens is 4. The number of nitrogens with zero attached hydrogens (tertiary/aromatic N) is 2. The van der Waals surface area contributed by atoms with Crippen LogP contribution in [0.1, 0.15) is 11.4 Å². The third-order valence-corrected chi connectivity index (χ3v) is 3.48. The Morgan fingerprint density at radius 2 is 1.86 bits per heavy atom. The van der Waals surface area contributed by atoms with E-state index in [9.17, 15) is 13.2 Å². The molecule has 0 radical (unpaired) electrons. The minimum atomic E-state index is -1.07. The molecule has 0 unspecified atom stereocenters. The van der Waals surface area contributed by atoms with Crippen molar-refractivity contribution in [3.05, 3.63) is 59.2 Å². The van der Waals surface area contributed by atoms with E-state index in [0.29, 0.717) is 0 Å². The Hall–Kier alpha value is -2.01. The molecule has 2 aromatic carbocycles. The molecule has 1 aromatic heterocycles. The molecule has 2 nitrogen and oxygen atoms in total. The summed E-state index contributed by atoms with van der Waals surface area (Å²) in [4.78, 5) is 4.13. The van der Waals surface area contributed by atoms with Gasteiger partial charge in [0.25, 0.3) is 0 Å². The Bertz CT molecular complexity index is 843. The highest BCUT2D eigenvalue weighted by atomic mass is 35.5. The van der Waals surface area contributed by atoms with E-state index in [2.05, 4.69) is 4.98 Å². The lowest BCUT2D eigenvalue weighted by Crippen LogP contribution is -2.04. The summed E-state index contributed by atoms with van der Waals surface area (Å²) in [6, 6.07) is 6.81. The van der Waals surface area contributed by atoms with Crippen LogP contribution in [0.4, 0.5) is 13.2 Å². The number of aryl methyl sites for hydroxylation is 1. The van der Waals surface area contributed by atoms with Crippen LogP contribution >= 0.6 is 11.6 Å². The Kier molecular flexibility index (Phi) is 3.37. The first-order valence-corrected chi connectivity index (χ1v) is 6.74. The van der Waals surface area contributed by atoms with Crippen LogP contribution in [0.5, 0.6) is 0 Å². The van der Waals surface area contributed by atoms with Crippen LogP contribution < -0.4 is 0 Å². The average molecular weight is 311 g/mol. The summed E-state index contributed by atoms with van der Waals surface area (Å²) < 4.78 is 43.0. The number of alkyl halides is 1. The van der Waals surface area contributed by atoms with Crippen molar-refractivity contribution < 1.29 is 13.2 Å². The van der Waals surface area contributed by atoms with Crippen molar-refractivity contribution >= 4 is 22.6 Å². The van der Waals surface area contributed by atoms with Gasteiger partial charge in [0.1, 0.15) is 17.2 Å². The molecule has 0 bridgehead atoms. The highest BCUT2D eigenvalue weighted by Gasteiger charge is 2.20. The van der Waals surface area contributed by atoms with Crippen LogP contribution in [0.25, 0.3) is 16.7 Å². The predicted octanol–water partition coefficient (Wildman–Crippen LogP) is 4.49. The number of benzene rings is 2. The van der Waals surface area contributed by atoms with E-state index in [1.807, 2.05) is 0 Å². The minimum Gasteiger partial charge on any atom is -0.290 e. The van der Waals surface area contributed by atoms with E-state index < -0.39 is 17.5 Å². The van der Waals surface area contributed by atoms with Crippen LogP contribution in [-0.4, -0.2) is 9.55 Å². The topological polar surface area (TPSA) is 17.8 Å². The summed E-state index contributed by atoms with van der Waals surface area (Å²) >= 11 is 5.81. The van der Waals surface area contributed by atoms with Gasteiger partial charge in [-0.15, -0.1) is 11.6 Å². The molecule has 0 aliphatic heterocycles. The third kappa shape index (κ3) is 2.17. The van der Waals surface area contributed by atoms with Crippen molar-refractivity contribution in [1.29, 1.82) is 0 Å². The van der Waals surface area contributed by atoms with E-state index in [0.717, 1.165) is 11.6 Å². The molecule has 0 atom stereocenters. The fraction of sp³-hybridized carbons (Fsp3) is 0.133. The first kappa shape index (κ1) is 13.9. The average Bonchev–Trinajstić information content (AvgIpc) is 2.82. The molecule has 6 heteroatoms. The Labute approximate surface area is 123 Å². The zero-order valence-electron chi connectivity index (χ0n) is 11.0. The largest absolute Gasteiger partial charge is 0.290 e. The quantitative estimate of drug-likeness (QED) is 0.638. The van der Waals surface area contributed by atoms with Crippen LogP contribution in [0, 0.1) is 24.4 Å². The van der Waals surface area contributed by atoms with Gasteiger partial charge in [-0.3, -0.25) is 4.57 Å². The van der Waals surface area contributed by atoms with Crippen LogP contribution in [-0.2, 0) is 5.88 Å². The fourth-order valence-electron chi connectivity index (χ4n) is 2.29. The maximum atomic E-state index is 14.2. The molecule has 0 fully saturated rings. The normalized spacial score (nSPS) is 11.3. The van der Waals surface area contributed by atoms with E-state index in [4.69, 9.17) is 11.6 Å². The Balaban J connectivity index is 2.42. The molecule has 0 saturated heterocycles. The summed E-state index contributed by atoms with van der Waals surface area (Å²) in [5.41, 5.74) is 0.918. The summed E-state index contributed by atoms with van der Waals surface area (Å²) in [5, 5.41) is 0. The highest BCUT2D eigenvalue weighted by Crippen LogP contribution is 2.28. The Morgan fingerprint density at radius 3 is 2.52 bits per heavy atom. The lowest BCUT2D eigenvalue weighted by Gasteiger charge is -2.10. The number of hydrogen-bond donors (Lipinski definition) is 0. The summed E-state index contributed by atoms with van der Waals surface area (Å²) in [6.45, 7) is 1.74. The van der Waals surface area contributed by atoms with Crippen molar-refractivity contribution in [2.45, 2.75) is 12.8 Å². The van der Waals surface area contributed by atoms with Gasteiger partial charge in [0.05, 0.1) is 17.1 Å². The summed E-state index contributed by atoms with van der Waals surface area (Å²) in [7, 11) is 0. The van der Waals surface area contributed by atoms with Gasteiger partial charge >= 0.3 is 0 Å². The zero-order valence-corrected chi connectivity index (χ0v) is 11.8. The molecule has 0 N–H and O–H groups in total. The predicted molar refractivity (Wildman–Crippen MR) is 75.2 cm³/mol. The number of imidazole rings is 1. The molecule has 3 rings (SSSR count). The van der Waals surface area contributed by atoms with Gasteiger partial charge in [0.2, 0.25) is 0 Å². The number of rotatable bonds is 2. The smallest absolute Gasteiger partial charge is 0.185 e. The highest BCUT2D eigenvalue weighted by molar-refractivity contribution is 6.17. The molecule has 3 aromatic rings. The maximum absolute atomic E-state index is 14.2. The number of fused-ring (bicyclic) bond motifs is 1. The van der Waals surface area contributed by atoms with Gasteiger partial charge in [0.15, 0.2) is 11.6 Å². The third-order valence-electron chi connectivity index (χ3n) is 3.24. The maximum Gasteiger partial charge on any atom is 0.185 e. The summed E-state index contributed by atoms with van der Waals surface area (Å²) in [6.07, 6.45) is 0. The van der Waals surface area contributed by atoms with Crippen LogP contribution in [0.3, 0.4) is 0 Å². The lowest BCUT2D eigenvalue weighted by atomic mass is 10.2. The van der Waals surface area contributed by atoms with Crippen molar-refractivity contribution in [3.63, 3.8) is 0 Å². The summed E-state index contributed by atoms with van der Waals surface area (Å²) in [5.74, 6) is -2.44. The monoisotopic (exact) mass is 310 g/mol. The molecule has 0 saturated carbocycles. The van der Waals surface area contributed by atoms with Crippen molar-refractivity contribution in [3.8, 4) is 5.69 Å². The van der Waals surface area contributed by atoms with Gasteiger partial charge in [0, 0.05) is 0 Å². The Morgan fingerprint density at radius 1 is 1.10 bits per heavy atom. The lowest BCUT2D eigenvalue weighted by molar-refractivity contribution is 0.513. The van der Waals surface area contributed by atoms with Crippen LogP contribution in [0.2, 0.25) is 0 Å². The zero-order chi connectivity index (χ0) is 15.1. The second kappa shape index (κ2) is 5.07. The van der Waals surface area contributed by atoms with Gasteiger partial charge in [-0.2, -0.15) is 0 Å². The van der Waals surface area contributed by atoms with Crippen molar-refractivity contribution in [2.75, 3.05) is 0 Å². The second-order valence-electron chi connectivity index (χ2n) is 4.68. The van der Waals surface area contributed by atoms with Gasteiger partial charge in [-0.25, -0.2) is 18.2 Å². The van der Waals surface area contributed by atoms with Gasteiger partial charge in [-0.05, 0) is 36.8 Å². The first-order chi connectivity index (χ1) is 10.0. The van der Waals surface area contributed by atoms with Crippen LogP contribution in [0.15, 0.2) is 30.3 Å². The number of hydrogen-bond acceptors (Lipinski definition) is 1. The minimum absolute atomic E-state index is 0.0525. The van der Waals surface area contributed by atoms with E-state index in [1.54, 1.807) is 13.0 Å². The fourth-order valence-corrected chi connectivity index (χ4v) is 2.47. The molecular weight excluding hydrogens is 301 g/mol. The molecular formula is C15H10ClF3N2. The molecule has 0 aliphatic rings. The molecule has 0 aliphatic carbocycles. The van der Waals surface area contributed by atoms with Gasteiger partial charge < -0.3 is 0 Å². The standard InChI is InChI=1S/C15H10ClF3N2/c1-8-2-5-12(10(18)6-8)21-13(7-16)20-11-4-3-9(17)14(19)15(11)21/h2-6H,7H2,1H3. The molecule has 21 heavy (non-hydrogen) atoms. The molecule has 0 spiro atoms. The molecule has 1 heterocycles. The van der Waals surface area contributed by atoms with E-state index in [-0.39, 0.29) is 28.4 Å². The molecule has 0 amide bonds. The van der Waals surface area contributed by atoms with E-state index >= 15 is 0 Å². The second-order valence-corrected chi connectivity index (χ2v) is 4.95. The SMILES string of the molecule is Cc1ccc(-n2c(CCl)nc3ccc(F)c(F)c32)c(F)c1. The van der Waals surface area contributed by atoms with Gasteiger partial charge in [-0.1, -0.05) is 6.07 Å². The van der Waals surface area contributed by atoms with E-state index in [1.165, 1.54) is 22.8 Å². The van der Waals surface area contributed by atoms with Crippen molar-refractivity contribution in [1.82, 2.24) is 9.55 Å².